The summed E-state index contributed by atoms with van der Waals surface area (Å²) in [5, 5.41) is 4.55. The second kappa shape index (κ2) is 6.15. The summed E-state index contributed by atoms with van der Waals surface area (Å²) in [4.78, 5) is 24.8. The van der Waals surface area contributed by atoms with Crippen molar-refractivity contribution in [1.29, 1.82) is 0 Å². The number of hydrogen-bond donors (Lipinski definition) is 0. The second-order valence-electron chi connectivity index (χ2n) is 6.74. The van der Waals surface area contributed by atoms with Gasteiger partial charge in [-0.1, -0.05) is 0 Å². The first-order valence-corrected chi connectivity index (χ1v) is 8.85. The van der Waals surface area contributed by atoms with Crippen LogP contribution in [-0.4, -0.2) is 44.9 Å². The molecule has 5 heterocycles. The molecule has 1 atom stereocenters. The zero-order chi connectivity index (χ0) is 18.4. The molecule has 0 radical (unpaired) electrons. The molecule has 3 aromatic rings. The number of nitrogens with zero attached hydrogens (tertiary/aromatic N) is 6. The van der Waals surface area contributed by atoms with E-state index in [1.54, 1.807) is 40.4 Å². The summed E-state index contributed by atoms with van der Waals surface area (Å²) in [6, 6.07) is 7.41. The lowest BCUT2D eigenvalue weighted by Gasteiger charge is -2.16. The number of hydrogen-bond acceptors (Lipinski definition) is 5. The molecule has 0 spiro atoms. The van der Waals surface area contributed by atoms with Gasteiger partial charge in [0.15, 0.2) is 0 Å². The van der Waals surface area contributed by atoms with Crippen LogP contribution in [0.5, 0.6) is 0 Å². The van der Waals surface area contributed by atoms with Crippen molar-refractivity contribution in [3.05, 3.63) is 60.3 Å². The van der Waals surface area contributed by atoms with Gasteiger partial charge < -0.3 is 9.80 Å². The number of rotatable bonds is 3. The average Bonchev–Trinajstić information content (AvgIpc) is 3.39. The minimum absolute atomic E-state index is 0.0834. The van der Waals surface area contributed by atoms with E-state index >= 15 is 0 Å². The van der Waals surface area contributed by atoms with E-state index in [2.05, 4.69) is 15.1 Å². The summed E-state index contributed by atoms with van der Waals surface area (Å²) in [6.45, 7) is 1.49. The summed E-state index contributed by atoms with van der Waals surface area (Å²) in [5.41, 5.74) is 2.84. The number of aromatic nitrogens is 4. The molecule has 0 unspecified atom stereocenters. The molecule has 136 valence electrons. The van der Waals surface area contributed by atoms with Crippen molar-refractivity contribution in [3.63, 3.8) is 0 Å². The van der Waals surface area contributed by atoms with Crippen molar-refractivity contribution >= 4 is 17.4 Å². The van der Waals surface area contributed by atoms with Crippen molar-refractivity contribution in [2.45, 2.75) is 19.1 Å². The summed E-state index contributed by atoms with van der Waals surface area (Å²) in [5.74, 6) is 0.678. The van der Waals surface area contributed by atoms with E-state index < -0.39 is 6.17 Å². The van der Waals surface area contributed by atoms with Crippen LogP contribution in [0.3, 0.4) is 0 Å². The molecule has 1 amide bonds. The van der Waals surface area contributed by atoms with Gasteiger partial charge in [-0.2, -0.15) is 5.10 Å². The number of halogens is 1. The lowest BCUT2D eigenvalue weighted by atomic mass is 10.3. The Balaban J connectivity index is 1.37. The van der Waals surface area contributed by atoms with Crippen LogP contribution < -0.4 is 9.80 Å². The molecule has 0 aromatic carbocycles. The molecular weight excluding hydrogens is 347 g/mol. The van der Waals surface area contributed by atoms with Gasteiger partial charge in [0.2, 0.25) is 0 Å². The smallest absolute Gasteiger partial charge is 0.262 e. The predicted octanol–water partition coefficient (Wildman–Crippen LogP) is 2.37. The molecule has 2 aliphatic rings. The van der Waals surface area contributed by atoms with Gasteiger partial charge in [0, 0.05) is 18.9 Å². The Kier molecular flexibility index (Phi) is 3.63. The highest BCUT2D eigenvalue weighted by Gasteiger charge is 2.32. The van der Waals surface area contributed by atoms with Crippen LogP contribution in [0.25, 0.3) is 5.69 Å². The molecule has 0 saturated carbocycles. The first-order chi connectivity index (χ1) is 13.2. The van der Waals surface area contributed by atoms with Gasteiger partial charge in [0.1, 0.15) is 12.0 Å². The SMILES string of the molecule is O=C1c2cn(-c3ccc(N4CC[C@@H](F)C4)nc3)nc2CN1c1cccnc1. The van der Waals surface area contributed by atoms with Crippen molar-refractivity contribution in [2.75, 3.05) is 22.9 Å². The molecule has 8 heteroatoms. The Hall–Kier alpha value is -3.29. The minimum atomic E-state index is -0.783. The van der Waals surface area contributed by atoms with E-state index in [9.17, 15) is 9.18 Å². The van der Waals surface area contributed by atoms with E-state index in [0.29, 0.717) is 31.6 Å². The molecule has 1 saturated heterocycles. The monoisotopic (exact) mass is 364 g/mol. The quantitative estimate of drug-likeness (QED) is 0.714. The number of carbonyl (C=O) groups is 1. The molecule has 2 aliphatic heterocycles. The molecule has 1 fully saturated rings. The third-order valence-electron chi connectivity index (χ3n) is 4.98. The summed E-state index contributed by atoms with van der Waals surface area (Å²) in [6.07, 6.45) is 6.54. The molecule has 3 aromatic heterocycles. The van der Waals surface area contributed by atoms with Gasteiger partial charge in [-0.25, -0.2) is 14.1 Å². The van der Waals surface area contributed by atoms with Gasteiger partial charge in [-0.05, 0) is 30.7 Å². The largest absolute Gasteiger partial charge is 0.354 e. The van der Waals surface area contributed by atoms with E-state index in [0.717, 1.165) is 22.9 Å². The molecule has 7 nitrogen and oxygen atoms in total. The van der Waals surface area contributed by atoms with Crippen molar-refractivity contribution in [1.82, 2.24) is 19.7 Å². The van der Waals surface area contributed by atoms with Crippen molar-refractivity contribution in [2.24, 2.45) is 0 Å². The topological polar surface area (TPSA) is 67.2 Å². The predicted molar refractivity (Wildman–Crippen MR) is 97.8 cm³/mol. The lowest BCUT2D eigenvalue weighted by molar-refractivity contribution is 0.0996. The van der Waals surface area contributed by atoms with E-state index in [1.807, 2.05) is 23.1 Å². The van der Waals surface area contributed by atoms with Gasteiger partial charge >= 0.3 is 0 Å². The van der Waals surface area contributed by atoms with Gasteiger partial charge in [-0.15, -0.1) is 0 Å². The molecule has 0 bridgehead atoms. The Morgan fingerprint density at radius 2 is 2.07 bits per heavy atom. The first-order valence-electron chi connectivity index (χ1n) is 8.85. The average molecular weight is 364 g/mol. The summed E-state index contributed by atoms with van der Waals surface area (Å²) in [7, 11) is 0. The normalized spacial score (nSPS) is 19.0. The third kappa shape index (κ3) is 2.73. The molecule has 0 N–H and O–H groups in total. The van der Waals surface area contributed by atoms with Crippen molar-refractivity contribution < 1.29 is 9.18 Å². The fourth-order valence-electron chi connectivity index (χ4n) is 3.55. The zero-order valence-electron chi connectivity index (χ0n) is 14.5. The standard InChI is InChI=1S/C19H17FN6O/c20-13-5-7-24(10-13)18-4-3-15(9-22-18)26-11-16-17(23-26)12-25(19(16)27)14-2-1-6-21-8-14/h1-4,6,8-9,11,13H,5,7,10,12H2/t13-/m1/s1. The second-order valence-corrected chi connectivity index (χ2v) is 6.74. The van der Waals surface area contributed by atoms with Gasteiger partial charge in [0.25, 0.3) is 5.91 Å². The highest BCUT2D eigenvalue weighted by Crippen LogP contribution is 2.28. The molecule has 0 aliphatic carbocycles. The number of anilines is 2. The number of carbonyl (C=O) groups excluding carboxylic acids is 1. The van der Waals surface area contributed by atoms with E-state index in [-0.39, 0.29) is 5.91 Å². The summed E-state index contributed by atoms with van der Waals surface area (Å²) < 4.78 is 15.0. The maximum absolute atomic E-state index is 13.4. The number of pyridine rings is 2. The van der Waals surface area contributed by atoms with E-state index in [1.165, 1.54) is 0 Å². The van der Waals surface area contributed by atoms with Crippen LogP contribution in [0.4, 0.5) is 15.9 Å². The highest BCUT2D eigenvalue weighted by molar-refractivity contribution is 6.09. The fourth-order valence-corrected chi connectivity index (χ4v) is 3.55. The maximum atomic E-state index is 13.4. The molecule has 5 rings (SSSR count). The van der Waals surface area contributed by atoms with Crippen LogP contribution in [0, 0.1) is 0 Å². The first kappa shape index (κ1) is 15.9. The van der Waals surface area contributed by atoms with Crippen LogP contribution in [-0.2, 0) is 6.54 Å². The zero-order valence-corrected chi connectivity index (χ0v) is 14.5. The lowest BCUT2D eigenvalue weighted by Crippen LogP contribution is -2.24. The van der Waals surface area contributed by atoms with Crippen LogP contribution >= 0.6 is 0 Å². The Labute approximate surface area is 155 Å². The Bertz CT molecular complexity index is 987. The van der Waals surface area contributed by atoms with Crippen LogP contribution in [0.2, 0.25) is 0 Å². The third-order valence-corrected chi connectivity index (χ3v) is 4.98. The fraction of sp³-hybridized carbons (Fsp3) is 0.263. The number of fused-ring (bicyclic) bond motifs is 1. The van der Waals surface area contributed by atoms with Gasteiger partial charge in [-0.3, -0.25) is 9.78 Å². The van der Waals surface area contributed by atoms with Crippen LogP contribution in [0.1, 0.15) is 22.5 Å². The van der Waals surface area contributed by atoms with Gasteiger partial charge in [0.05, 0.1) is 48.1 Å². The Morgan fingerprint density at radius 3 is 2.74 bits per heavy atom. The van der Waals surface area contributed by atoms with Crippen molar-refractivity contribution in [3.8, 4) is 5.69 Å². The van der Waals surface area contributed by atoms with Crippen LogP contribution in [0.15, 0.2) is 49.1 Å². The minimum Gasteiger partial charge on any atom is -0.354 e. The summed E-state index contributed by atoms with van der Waals surface area (Å²) >= 11 is 0. The maximum Gasteiger partial charge on any atom is 0.262 e. The number of alkyl halides is 1. The molecular formula is C19H17FN6O. The van der Waals surface area contributed by atoms with E-state index in [4.69, 9.17) is 0 Å². The molecule has 27 heavy (non-hydrogen) atoms. The number of amides is 1. The Morgan fingerprint density at radius 1 is 1.15 bits per heavy atom. The highest BCUT2D eigenvalue weighted by atomic mass is 19.1.